The molecule has 0 N–H and O–H groups in total. The zero-order chi connectivity index (χ0) is 13.2. The SMILES string of the molecule is Cc1ccc2nc(CCl)n(CC3CCCCC3)c2c1. The monoisotopic (exact) mass is 276 g/mol. The van der Waals surface area contributed by atoms with Gasteiger partial charge in [0.15, 0.2) is 0 Å². The van der Waals surface area contributed by atoms with Gasteiger partial charge in [-0.05, 0) is 43.4 Å². The minimum atomic E-state index is 0.500. The number of nitrogens with zero attached hydrogens (tertiary/aromatic N) is 2. The van der Waals surface area contributed by atoms with Gasteiger partial charge < -0.3 is 4.57 Å². The highest BCUT2D eigenvalue weighted by Crippen LogP contribution is 2.28. The van der Waals surface area contributed by atoms with Crippen molar-refractivity contribution in [1.29, 1.82) is 0 Å². The van der Waals surface area contributed by atoms with Crippen molar-refractivity contribution in [1.82, 2.24) is 9.55 Å². The maximum atomic E-state index is 6.08. The van der Waals surface area contributed by atoms with Crippen LogP contribution in [0.25, 0.3) is 11.0 Å². The summed E-state index contributed by atoms with van der Waals surface area (Å²) in [5.41, 5.74) is 3.62. The lowest BCUT2D eigenvalue weighted by Gasteiger charge is -2.23. The number of aromatic nitrogens is 2. The molecule has 1 aliphatic carbocycles. The maximum Gasteiger partial charge on any atom is 0.124 e. The van der Waals surface area contributed by atoms with Gasteiger partial charge in [0.2, 0.25) is 0 Å². The first-order chi connectivity index (χ1) is 9.28. The van der Waals surface area contributed by atoms with Crippen molar-refractivity contribution in [2.45, 2.75) is 51.5 Å². The van der Waals surface area contributed by atoms with Crippen molar-refractivity contribution in [2.75, 3.05) is 0 Å². The van der Waals surface area contributed by atoms with E-state index < -0.39 is 0 Å². The Balaban J connectivity index is 1.97. The third kappa shape index (κ3) is 2.64. The van der Waals surface area contributed by atoms with Crippen LogP contribution in [0.2, 0.25) is 0 Å². The Morgan fingerprint density at radius 3 is 2.79 bits per heavy atom. The van der Waals surface area contributed by atoms with Crippen molar-refractivity contribution in [3.8, 4) is 0 Å². The average Bonchev–Trinajstić information content (AvgIpc) is 2.78. The highest BCUT2D eigenvalue weighted by molar-refractivity contribution is 6.16. The number of hydrogen-bond acceptors (Lipinski definition) is 1. The molecule has 2 nitrogen and oxygen atoms in total. The number of alkyl halides is 1. The van der Waals surface area contributed by atoms with E-state index in [-0.39, 0.29) is 0 Å². The van der Waals surface area contributed by atoms with E-state index in [0.29, 0.717) is 5.88 Å². The second kappa shape index (κ2) is 5.54. The van der Waals surface area contributed by atoms with Crippen molar-refractivity contribution in [2.24, 2.45) is 5.92 Å². The number of hydrogen-bond donors (Lipinski definition) is 0. The van der Waals surface area contributed by atoms with Crippen LogP contribution >= 0.6 is 11.6 Å². The van der Waals surface area contributed by atoms with E-state index in [1.165, 1.54) is 43.2 Å². The predicted octanol–water partition coefficient (Wildman–Crippen LogP) is 4.66. The minimum absolute atomic E-state index is 0.500. The summed E-state index contributed by atoms with van der Waals surface area (Å²) in [5.74, 6) is 2.32. The molecule has 3 rings (SSSR count). The Labute approximate surface area is 119 Å². The van der Waals surface area contributed by atoms with Gasteiger partial charge in [0.25, 0.3) is 0 Å². The molecule has 3 heteroatoms. The zero-order valence-corrected chi connectivity index (χ0v) is 12.3. The first-order valence-corrected chi connectivity index (χ1v) is 7.83. The standard InChI is InChI=1S/C16H21ClN2/c1-12-7-8-14-15(9-12)19(16(10-17)18-14)11-13-5-3-2-4-6-13/h7-9,13H,2-6,10-11H2,1H3. The van der Waals surface area contributed by atoms with Crippen molar-refractivity contribution >= 4 is 22.6 Å². The molecular weight excluding hydrogens is 256 g/mol. The number of fused-ring (bicyclic) bond motifs is 1. The lowest BCUT2D eigenvalue weighted by Crippen LogP contribution is -2.15. The van der Waals surface area contributed by atoms with Crippen molar-refractivity contribution in [3.63, 3.8) is 0 Å². The fourth-order valence-corrected chi connectivity index (χ4v) is 3.42. The summed E-state index contributed by atoms with van der Waals surface area (Å²) in [7, 11) is 0. The largest absolute Gasteiger partial charge is 0.327 e. The lowest BCUT2D eigenvalue weighted by atomic mass is 9.89. The van der Waals surface area contributed by atoms with Crippen molar-refractivity contribution in [3.05, 3.63) is 29.6 Å². The van der Waals surface area contributed by atoms with Gasteiger partial charge >= 0.3 is 0 Å². The average molecular weight is 277 g/mol. The molecule has 1 heterocycles. The Morgan fingerprint density at radius 2 is 2.05 bits per heavy atom. The number of imidazole rings is 1. The first-order valence-electron chi connectivity index (χ1n) is 7.29. The van der Waals surface area contributed by atoms with E-state index in [1.807, 2.05) is 0 Å². The highest BCUT2D eigenvalue weighted by atomic mass is 35.5. The normalized spacial score (nSPS) is 17.2. The molecule has 1 saturated carbocycles. The summed E-state index contributed by atoms with van der Waals surface area (Å²) in [6, 6.07) is 6.47. The van der Waals surface area contributed by atoms with Gasteiger partial charge in [0.05, 0.1) is 16.9 Å². The second-order valence-electron chi connectivity index (χ2n) is 5.77. The predicted molar refractivity (Wildman–Crippen MR) is 80.6 cm³/mol. The molecule has 1 aromatic carbocycles. The molecule has 0 saturated heterocycles. The molecule has 0 radical (unpaired) electrons. The number of aryl methyl sites for hydroxylation is 1. The van der Waals surface area contributed by atoms with Gasteiger partial charge in [0, 0.05) is 6.54 Å². The Bertz CT molecular complexity index is 567. The van der Waals surface area contributed by atoms with Crippen molar-refractivity contribution < 1.29 is 0 Å². The van der Waals surface area contributed by atoms with E-state index >= 15 is 0 Å². The number of halogens is 1. The highest BCUT2D eigenvalue weighted by Gasteiger charge is 2.17. The fraction of sp³-hybridized carbons (Fsp3) is 0.562. The zero-order valence-electron chi connectivity index (χ0n) is 11.5. The summed E-state index contributed by atoms with van der Waals surface area (Å²) in [6.45, 7) is 3.22. The molecule has 0 atom stereocenters. The molecule has 2 aromatic rings. The molecule has 1 aliphatic rings. The fourth-order valence-electron chi connectivity index (χ4n) is 3.22. The topological polar surface area (TPSA) is 17.8 Å². The van der Waals surface area contributed by atoms with Crippen LogP contribution in [-0.2, 0) is 12.4 Å². The van der Waals surface area contributed by atoms with Crippen LogP contribution in [0.1, 0.15) is 43.5 Å². The Hall–Kier alpha value is -1.02. The summed E-state index contributed by atoms with van der Waals surface area (Å²) in [5, 5.41) is 0. The van der Waals surface area contributed by atoms with Gasteiger partial charge in [0.1, 0.15) is 5.82 Å². The molecular formula is C16H21ClN2. The van der Waals surface area contributed by atoms with Crippen LogP contribution < -0.4 is 0 Å². The van der Waals surface area contributed by atoms with E-state index in [0.717, 1.165) is 23.8 Å². The van der Waals surface area contributed by atoms with Gasteiger partial charge in [-0.2, -0.15) is 0 Å². The third-order valence-electron chi connectivity index (χ3n) is 4.27. The summed E-state index contributed by atoms with van der Waals surface area (Å²) in [6.07, 6.45) is 6.88. The lowest BCUT2D eigenvalue weighted by molar-refractivity contribution is 0.320. The molecule has 0 bridgehead atoms. The minimum Gasteiger partial charge on any atom is -0.327 e. The Morgan fingerprint density at radius 1 is 1.26 bits per heavy atom. The van der Waals surface area contributed by atoms with Crippen LogP contribution in [0.4, 0.5) is 0 Å². The molecule has 0 aliphatic heterocycles. The van der Waals surface area contributed by atoms with Crippen LogP contribution in [0, 0.1) is 12.8 Å². The van der Waals surface area contributed by atoms with E-state index in [1.54, 1.807) is 0 Å². The molecule has 102 valence electrons. The van der Waals surface area contributed by atoms with Gasteiger partial charge in [-0.25, -0.2) is 4.98 Å². The Kier molecular flexibility index (Phi) is 3.79. The van der Waals surface area contributed by atoms with E-state index in [9.17, 15) is 0 Å². The quantitative estimate of drug-likeness (QED) is 0.745. The second-order valence-corrected chi connectivity index (χ2v) is 6.04. The number of benzene rings is 1. The van der Waals surface area contributed by atoms with Gasteiger partial charge in [-0.1, -0.05) is 25.3 Å². The summed E-state index contributed by atoms with van der Waals surface area (Å²) < 4.78 is 2.35. The van der Waals surface area contributed by atoms with E-state index in [2.05, 4.69) is 34.7 Å². The smallest absolute Gasteiger partial charge is 0.124 e. The molecule has 0 spiro atoms. The molecule has 0 unspecified atom stereocenters. The molecule has 19 heavy (non-hydrogen) atoms. The number of rotatable bonds is 3. The van der Waals surface area contributed by atoms with Crippen LogP contribution in [-0.4, -0.2) is 9.55 Å². The van der Waals surface area contributed by atoms with Crippen LogP contribution in [0.5, 0.6) is 0 Å². The summed E-state index contributed by atoms with van der Waals surface area (Å²) >= 11 is 6.08. The molecule has 0 amide bonds. The van der Waals surface area contributed by atoms with Gasteiger partial charge in [-0.15, -0.1) is 11.6 Å². The van der Waals surface area contributed by atoms with Crippen LogP contribution in [0.15, 0.2) is 18.2 Å². The molecule has 1 aromatic heterocycles. The van der Waals surface area contributed by atoms with Gasteiger partial charge in [-0.3, -0.25) is 0 Å². The molecule has 1 fully saturated rings. The first kappa shape index (κ1) is 13.0. The third-order valence-corrected chi connectivity index (χ3v) is 4.51. The maximum absolute atomic E-state index is 6.08. The summed E-state index contributed by atoms with van der Waals surface area (Å²) in [4.78, 5) is 4.67. The van der Waals surface area contributed by atoms with Crippen LogP contribution in [0.3, 0.4) is 0 Å². The van der Waals surface area contributed by atoms with E-state index in [4.69, 9.17) is 11.6 Å².